The minimum absolute atomic E-state index is 0.197. The zero-order valence-corrected chi connectivity index (χ0v) is 12.5. The number of fused-ring (bicyclic) bond motifs is 1. The zero-order valence-electron chi connectivity index (χ0n) is 12.5. The van der Waals surface area contributed by atoms with Gasteiger partial charge in [-0.2, -0.15) is 0 Å². The summed E-state index contributed by atoms with van der Waals surface area (Å²) >= 11 is 0. The lowest BCUT2D eigenvalue weighted by atomic mass is 10.0. The van der Waals surface area contributed by atoms with Crippen LogP contribution in [0.15, 0.2) is 23.8 Å². The third-order valence-corrected chi connectivity index (χ3v) is 4.07. The smallest absolute Gasteiger partial charge is 0.407 e. The number of nitrogens with zero attached hydrogens (tertiary/aromatic N) is 1. The Morgan fingerprint density at radius 2 is 2.17 bits per heavy atom. The molecule has 0 saturated heterocycles. The fraction of sp³-hybridized carbons (Fsp3) is 0.375. The molecule has 0 saturated carbocycles. The molecule has 0 spiro atoms. The molecule has 0 atom stereocenters. The maximum atomic E-state index is 13.8. The Labute approximate surface area is 132 Å². The van der Waals surface area contributed by atoms with Crippen LogP contribution in [0.3, 0.4) is 0 Å². The van der Waals surface area contributed by atoms with E-state index in [0.29, 0.717) is 50.3 Å². The quantitative estimate of drug-likeness (QED) is 0.838. The maximum Gasteiger partial charge on any atom is 0.407 e. The van der Waals surface area contributed by atoms with Crippen molar-refractivity contribution in [2.24, 2.45) is 0 Å². The molecule has 0 fully saturated rings. The maximum absolute atomic E-state index is 13.8. The molecule has 0 aliphatic carbocycles. The minimum Gasteiger partial charge on any atom is -0.489 e. The van der Waals surface area contributed by atoms with Gasteiger partial charge >= 0.3 is 6.09 Å². The van der Waals surface area contributed by atoms with Crippen LogP contribution in [-0.4, -0.2) is 41.7 Å². The molecule has 2 heterocycles. The lowest BCUT2D eigenvalue weighted by molar-refractivity contribution is -0.116. The molecule has 2 aliphatic heterocycles. The van der Waals surface area contributed by atoms with E-state index in [0.717, 1.165) is 5.57 Å². The first kappa shape index (κ1) is 15.3. The van der Waals surface area contributed by atoms with Crippen LogP contribution in [0.2, 0.25) is 0 Å². The molecule has 6 nitrogen and oxygen atoms in total. The van der Waals surface area contributed by atoms with Gasteiger partial charge in [0.2, 0.25) is 5.91 Å². The second kappa shape index (κ2) is 6.28. The molecule has 23 heavy (non-hydrogen) atoms. The predicted molar refractivity (Wildman–Crippen MR) is 81.1 cm³/mol. The first-order valence-electron chi connectivity index (χ1n) is 7.44. The van der Waals surface area contributed by atoms with Gasteiger partial charge in [0.05, 0.1) is 5.69 Å². The minimum atomic E-state index is -0.926. The molecule has 3 rings (SSSR count). The molecule has 122 valence electrons. The summed E-state index contributed by atoms with van der Waals surface area (Å²) in [6.45, 7) is 1.13. The van der Waals surface area contributed by atoms with E-state index in [1.807, 2.05) is 6.08 Å². The van der Waals surface area contributed by atoms with Gasteiger partial charge in [-0.3, -0.25) is 4.79 Å². The van der Waals surface area contributed by atoms with E-state index in [1.54, 1.807) is 6.07 Å². The van der Waals surface area contributed by atoms with Crippen LogP contribution in [0, 0.1) is 5.82 Å². The highest BCUT2D eigenvalue weighted by molar-refractivity contribution is 5.94. The van der Waals surface area contributed by atoms with Gasteiger partial charge in [-0.1, -0.05) is 6.08 Å². The average molecular weight is 320 g/mol. The second-order valence-corrected chi connectivity index (χ2v) is 5.58. The number of halogens is 1. The number of ether oxygens (including phenoxy) is 1. The third kappa shape index (κ3) is 3.28. The molecular weight excluding hydrogens is 303 g/mol. The van der Waals surface area contributed by atoms with Crippen molar-refractivity contribution in [1.82, 2.24) is 4.90 Å². The summed E-state index contributed by atoms with van der Waals surface area (Å²) in [6, 6.07) is 2.85. The van der Waals surface area contributed by atoms with E-state index in [9.17, 15) is 14.0 Å². The Morgan fingerprint density at radius 3 is 2.87 bits per heavy atom. The van der Waals surface area contributed by atoms with Gasteiger partial charge < -0.3 is 20.1 Å². The summed E-state index contributed by atoms with van der Waals surface area (Å²) in [4.78, 5) is 23.6. The number of hydrogen-bond acceptors (Lipinski definition) is 3. The summed E-state index contributed by atoms with van der Waals surface area (Å²) in [7, 11) is 0. The van der Waals surface area contributed by atoms with Crippen LogP contribution in [0.4, 0.5) is 14.9 Å². The zero-order chi connectivity index (χ0) is 16.4. The number of carbonyl (C=O) groups is 2. The molecule has 2 aliphatic rings. The van der Waals surface area contributed by atoms with Crippen LogP contribution >= 0.6 is 0 Å². The number of carbonyl (C=O) groups excluding carboxylic acids is 1. The van der Waals surface area contributed by atoms with Crippen LogP contribution in [0.5, 0.6) is 5.75 Å². The van der Waals surface area contributed by atoms with E-state index < -0.39 is 11.9 Å². The molecule has 1 aromatic carbocycles. The van der Waals surface area contributed by atoms with Crippen molar-refractivity contribution in [2.75, 3.05) is 25.0 Å². The summed E-state index contributed by atoms with van der Waals surface area (Å²) in [5.74, 6) is -0.102. The summed E-state index contributed by atoms with van der Waals surface area (Å²) < 4.78 is 19.6. The van der Waals surface area contributed by atoms with E-state index in [4.69, 9.17) is 9.84 Å². The Hall–Kier alpha value is -2.57. The van der Waals surface area contributed by atoms with Gasteiger partial charge in [0.25, 0.3) is 0 Å². The number of rotatable bonds is 3. The van der Waals surface area contributed by atoms with E-state index >= 15 is 0 Å². The monoisotopic (exact) mass is 320 g/mol. The Bertz CT molecular complexity index is 687. The Morgan fingerprint density at radius 1 is 1.35 bits per heavy atom. The highest BCUT2D eigenvalue weighted by Crippen LogP contribution is 2.33. The average Bonchev–Trinajstić information content (AvgIpc) is 2.55. The van der Waals surface area contributed by atoms with Crippen LogP contribution in [0.1, 0.15) is 18.4 Å². The SMILES string of the molecule is O=C1CCc2c(OCC3=CCN(C(=O)O)CC3)ccc(F)c2N1. The van der Waals surface area contributed by atoms with Crippen molar-refractivity contribution >= 4 is 17.7 Å². The highest BCUT2D eigenvalue weighted by atomic mass is 19.1. The molecule has 2 amide bonds. The fourth-order valence-corrected chi connectivity index (χ4v) is 2.75. The molecule has 7 heteroatoms. The van der Waals surface area contributed by atoms with Crippen molar-refractivity contribution in [1.29, 1.82) is 0 Å². The van der Waals surface area contributed by atoms with E-state index in [-0.39, 0.29) is 11.6 Å². The summed E-state index contributed by atoms with van der Waals surface area (Å²) in [6.07, 6.45) is 2.29. The van der Waals surface area contributed by atoms with Gasteiger partial charge in [0.1, 0.15) is 18.2 Å². The van der Waals surface area contributed by atoms with Gasteiger partial charge in [-0.05, 0) is 30.5 Å². The largest absolute Gasteiger partial charge is 0.489 e. The Balaban J connectivity index is 1.69. The topological polar surface area (TPSA) is 78.9 Å². The predicted octanol–water partition coefficient (Wildman–Crippen LogP) is 2.40. The first-order valence-corrected chi connectivity index (χ1v) is 7.44. The molecule has 0 radical (unpaired) electrons. The summed E-state index contributed by atoms with van der Waals surface area (Å²) in [5.41, 5.74) is 1.89. The first-order chi connectivity index (χ1) is 11.0. The molecule has 1 aromatic rings. The van der Waals surface area contributed by atoms with Gasteiger partial charge in [0.15, 0.2) is 0 Å². The lowest BCUT2D eigenvalue weighted by Gasteiger charge is -2.25. The molecule has 0 unspecified atom stereocenters. The summed E-state index contributed by atoms with van der Waals surface area (Å²) in [5, 5.41) is 11.5. The number of nitrogens with one attached hydrogen (secondary N) is 1. The second-order valence-electron chi connectivity index (χ2n) is 5.58. The van der Waals surface area contributed by atoms with E-state index in [1.165, 1.54) is 11.0 Å². The molecule has 0 bridgehead atoms. The molecule has 2 N–H and O–H groups in total. The molecular formula is C16H17FN2O4. The number of hydrogen-bond donors (Lipinski definition) is 2. The lowest BCUT2D eigenvalue weighted by Crippen LogP contribution is -2.34. The van der Waals surface area contributed by atoms with E-state index in [2.05, 4.69) is 5.32 Å². The number of anilines is 1. The van der Waals surface area contributed by atoms with Crippen LogP contribution in [0.25, 0.3) is 0 Å². The number of amides is 2. The van der Waals surface area contributed by atoms with Crippen molar-refractivity contribution in [2.45, 2.75) is 19.3 Å². The molecule has 0 aromatic heterocycles. The number of benzene rings is 1. The van der Waals surface area contributed by atoms with Gasteiger partial charge in [-0.25, -0.2) is 9.18 Å². The third-order valence-electron chi connectivity index (χ3n) is 4.07. The fourth-order valence-electron chi connectivity index (χ4n) is 2.75. The van der Waals surface area contributed by atoms with Gasteiger partial charge in [-0.15, -0.1) is 0 Å². The van der Waals surface area contributed by atoms with Crippen molar-refractivity contribution < 1.29 is 23.8 Å². The van der Waals surface area contributed by atoms with Crippen molar-refractivity contribution in [3.05, 3.63) is 35.2 Å². The van der Waals surface area contributed by atoms with Crippen molar-refractivity contribution in [3.8, 4) is 5.75 Å². The Kier molecular flexibility index (Phi) is 4.18. The number of carboxylic acid groups (broad SMARTS) is 1. The normalized spacial score (nSPS) is 17.2. The van der Waals surface area contributed by atoms with Crippen molar-refractivity contribution in [3.63, 3.8) is 0 Å². The van der Waals surface area contributed by atoms with Crippen LogP contribution in [-0.2, 0) is 11.2 Å². The standard InChI is InChI=1S/C16H17FN2O4/c17-12-2-3-13(11-1-4-14(20)18-15(11)12)23-9-10-5-7-19(8-6-10)16(21)22/h2-3,5H,1,4,6-9H2,(H,18,20)(H,21,22). The highest BCUT2D eigenvalue weighted by Gasteiger charge is 2.22. The van der Waals surface area contributed by atoms with Crippen LogP contribution < -0.4 is 10.1 Å². The van der Waals surface area contributed by atoms with Gasteiger partial charge in [0, 0.05) is 25.1 Å².